The molecule has 15 heavy (non-hydrogen) atoms. The van der Waals surface area contributed by atoms with Gasteiger partial charge in [0.1, 0.15) is 5.75 Å². The van der Waals surface area contributed by atoms with Crippen LogP contribution in [0.3, 0.4) is 0 Å². The Hall–Kier alpha value is -1.02. The molecule has 2 heteroatoms. The van der Waals surface area contributed by atoms with E-state index in [0.717, 1.165) is 31.7 Å². The Morgan fingerprint density at radius 1 is 1.33 bits per heavy atom. The average Bonchev–Trinajstić information content (AvgIpc) is 2.27. The fourth-order valence-electron chi connectivity index (χ4n) is 1.54. The lowest BCUT2D eigenvalue weighted by Crippen LogP contribution is -2.13. The van der Waals surface area contributed by atoms with Crippen molar-refractivity contribution >= 4 is 0 Å². The van der Waals surface area contributed by atoms with Crippen molar-refractivity contribution in [1.82, 2.24) is 0 Å². The SMILES string of the molecule is CCc1ccccc1OCC(C)CCN. The van der Waals surface area contributed by atoms with Gasteiger partial charge in [-0.15, -0.1) is 0 Å². The standard InChI is InChI=1S/C13H21NO/c1-3-12-6-4-5-7-13(12)15-10-11(2)8-9-14/h4-7,11H,3,8-10,14H2,1-2H3. The van der Waals surface area contributed by atoms with Crippen molar-refractivity contribution in [3.63, 3.8) is 0 Å². The molecule has 0 aliphatic heterocycles. The third kappa shape index (κ3) is 3.92. The Labute approximate surface area is 92.4 Å². The molecule has 2 N–H and O–H groups in total. The lowest BCUT2D eigenvalue weighted by Gasteiger charge is -2.14. The van der Waals surface area contributed by atoms with Crippen molar-refractivity contribution in [2.45, 2.75) is 26.7 Å². The van der Waals surface area contributed by atoms with Crippen molar-refractivity contribution in [1.29, 1.82) is 0 Å². The zero-order chi connectivity index (χ0) is 11.1. The third-order valence-electron chi connectivity index (χ3n) is 2.54. The molecule has 1 atom stereocenters. The first-order chi connectivity index (χ1) is 7.27. The van der Waals surface area contributed by atoms with E-state index in [4.69, 9.17) is 10.5 Å². The van der Waals surface area contributed by atoms with Gasteiger partial charge in [-0.3, -0.25) is 0 Å². The van der Waals surface area contributed by atoms with Gasteiger partial charge < -0.3 is 10.5 Å². The fraction of sp³-hybridized carbons (Fsp3) is 0.538. The van der Waals surface area contributed by atoms with Gasteiger partial charge in [0.25, 0.3) is 0 Å². The Bertz CT molecular complexity index is 286. The minimum atomic E-state index is 0.528. The highest BCUT2D eigenvalue weighted by Crippen LogP contribution is 2.19. The second kappa shape index (κ2) is 6.46. The highest BCUT2D eigenvalue weighted by atomic mass is 16.5. The number of hydrogen-bond donors (Lipinski definition) is 1. The molecule has 84 valence electrons. The molecular weight excluding hydrogens is 186 g/mol. The molecule has 0 fully saturated rings. The largest absolute Gasteiger partial charge is 0.493 e. The molecule has 1 aromatic carbocycles. The van der Waals surface area contributed by atoms with Crippen LogP contribution in [0.1, 0.15) is 25.8 Å². The predicted molar refractivity (Wildman–Crippen MR) is 64.2 cm³/mol. The fourth-order valence-corrected chi connectivity index (χ4v) is 1.54. The first-order valence-electron chi connectivity index (χ1n) is 5.68. The van der Waals surface area contributed by atoms with Crippen LogP contribution in [0.4, 0.5) is 0 Å². The van der Waals surface area contributed by atoms with E-state index in [1.165, 1.54) is 5.56 Å². The highest BCUT2D eigenvalue weighted by molar-refractivity contribution is 5.33. The molecule has 0 saturated carbocycles. The molecule has 0 aliphatic carbocycles. The Morgan fingerprint density at radius 3 is 2.73 bits per heavy atom. The highest BCUT2D eigenvalue weighted by Gasteiger charge is 2.04. The molecule has 2 nitrogen and oxygen atoms in total. The minimum Gasteiger partial charge on any atom is -0.493 e. The first-order valence-corrected chi connectivity index (χ1v) is 5.68. The second-order valence-electron chi connectivity index (χ2n) is 3.95. The topological polar surface area (TPSA) is 35.2 Å². The van der Waals surface area contributed by atoms with Crippen molar-refractivity contribution in [3.8, 4) is 5.75 Å². The molecule has 0 amide bonds. The van der Waals surface area contributed by atoms with Crippen molar-refractivity contribution in [2.75, 3.05) is 13.2 Å². The lowest BCUT2D eigenvalue weighted by molar-refractivity contribution is 0.252. The van der Waals surface area contributed by atoms with Crippen LogP contribution < -0.4 is 10.5 Å². The molecule has 1 rings (SSSR count). The summed E-state index contributed by atoms with van der Waals surface area (Å²) < 4.78 is 5.79. The van der Waals surface area contributed by atoms with E-state index in [2.05, 4.69) is 26.0 Å². The smallest absolute Gasteiger partial charge is 0.122 e. The summed E-state index contributed by atoms with van der Waals surface area (Å²) in [5.41, 5.74) is 6.77. The van der Waals surface area contributed by atoms with Gasteiger partial charge in [-0.1, -0.05) is 32.0 Å². The number of para-hydroxylation sites is 1. The van der Waals surface area contributed by atoms with Crippen molar-refractivity contribution in [3.05, 3.63) is 29.8 Å². The van der Waals surface area contributed by atoms with E-state index >= 15 is 0 Å². The van der Waals surface area contributed by atoms with Crippen LogP contribution in [-0.2, 0) is 6.42 Å². The van der Waals surface area contributed by atoms with Gasteiger partial charge in [0, 0.05) is 0 Å². The molecule has 0 bridgehead atoms. The predicted octanol–water partition coefficient (Wildman–Crippen LogP) is 2.61. The second-order valence-corrected chi connectivity index (χ2v) is 3.95. The van der Waals surface area contributed by atoms with Gasteiger partial charge >= 0.3 is 0 Å². The first kappa shape index (κ1) is 12.1. The Kier molecular flexibility index (Phi) is 5.19. The van der Waals surface area contributed by atoms with Gasteiger partial charge in [-0.2, -0.15) is 0 Å². The van der Waals surface area contributed by atoms with Crippen LogP contribution in [-0.4, -0.2) is 13.2 Å². The molecule has 1 aromatic rings. The van der Waals surface area contributed by atoms with Gasteiger partial charge in [0.2, 0.25) is 0 Å². The van der Waals surface area contributed by atoms with E-state index in [9.17, 15) is 0 Å². The van der Waals surface area contributed by atoms with Crippen LogP contribution in [0.15, 0.2) is 24.3 Å². The van der Waals surface area contributed by atoms with Gasteiger partial charge in [0.15, 0.2) is 0 Å². The summed E-state index contributed by atoms with van der Waals surface area (Å²) >= 11 is 0. The summed E-state index contributed by atoms with van der Waals surface area (Å²) in [6.07, 6.45) is 2.04. The van der Waals surface area contributed by atoms with Crippen LogP contribution in [0.2, 0.25) is 0 Å². The monoisotopic (exact) mass is 207 g/mol. The summed E-state index contributed by atoms with van der Waals surface area (Å²) in [5.74, 6) is 1.55. The van der Waals surface area contributed by atoms with Crippen LogP contribution in [0.5, 0.6) is 5.75 Å². The maximum atomic E-state index is 5.79. The third-order valence-corrected chi connectivity index (χ3v) is 2.54. The molecule has 0 spiro atoms. The minimum absolute atomic E-state index is 0.528. The van der Waals surface area contributed by atoms with Gasteiger partial charge in [-0.05, 0) is 36.9 Å². The number of aryl methyl sites for hydroxylation is 1. The number of ether oxygens (including phenoxy) is 1. The van der Waals surface area contributed by atoms with Gasteiger partial charge in [-0.25, -0.2) is 0 Å². The average molecular weight is 207 g/mol. The van der Waals surface area contributed by atoms with E-state index in [-0.39, 0.29) is 0 Å². The van der Waals surface area contributed by atoms with E-state index < -0.39 is 0 Å². The molecule has 0 saturated heterocycles. The van der Waals surface area contributed by atoms with Crippen LogP contribution in [0.25, 0.3) is 0 Å². The molecule has 0 aliphatic rings. The van der Waals surface area contributed by atoms with Crippen LogP contribution in [0, 0.1) is 5.92 Å². The van der Waals surface area contributed by atoms with Crippen molar-refractivity contribution in [2.24, 2.45) is 11.7 Å². The maximum absolute atomic E-state index is 5.79. The Morgan fingerprint density at radius 2 is 2.07 bits per heavy atom. The number of hydrogen-bond acceptors (Lipinski definition) is 2. The molecule has 0 heterocycles. The zero-order valence-corrected chi connectivity index (χ0v) is 9.70. The quantitative estimate of drug-likeness (QED) is 0.778. The normalized spacial score (nSPS) is 12.5. The molecule has 0 radical (unpaired) electrons. The Balaban J connectivity index is 2.49. The number of nitrogens with two attached hydrogens (primary N) is 1. The summed E-state index contributed by atoms with van der Waals surface area (Å²) in [7, 11) is 0. The van der Waals surface area contributed by atoms with E-state index in [1.54, 1.807) is 0 Å². The van der Waals surface area contributed by atoms with E-state index in [1.807, 2.05) is 12.1 Å². The van der Waals surface area contributed by atoms with Crippen LogP contribution >= 0.6 is 0 Å². The summed E-state index contributed by atoms with van der Waals surface area (Å²) in [6.45, 7) is 5.81. The summed E-state index contributed by atoms with van der Waals surface area (Å²) in [4.78, 5) is 0. The summed E-state index contributed by atoms with van der Waals surface area (Å²) in [5, 5.41) is 0. The molecule has 1 unspecified atom stereocenters. The van der Waals surface area contributed by atoms with Gasteiger partial charge in [0.05, 0.1) is 6.61 Å². The summed E-state index contributed by atoms with van der Waals surface area (Å²) in [6, 6.07) is 8.22. The van der Waals surface area contributed by atoms with E-state index in [0.29, 0.717) is 5.92 Å². The number of rotatable bonds is 6. The zero-order valence-electron chi connectivity index (χ0n) is 9.70. The molecule has 0 aromatic heterocycles. The molecular formula is C13H21NO. The lowest BCUT2D eigenvalue weighted by atomic mass is 10.1. The van der Waals surface area contributed by atoms with Crippen molar-refractivity contribution < 1.29 is 4.74 Å². The number of benzene rings is 1. The maximum Gasteiger partial charge on any atom is 0.122 e.